The van der Waals surface area contributed by atoms with Gasteiger partial charge in [0.1, 0.15) is 11.6 Å². The van der Waals surface area contributed by atoms with Crippen LogP contribution in [0.2, 0.25) is 0 Å². The molecule has 2 rings (SSSR count). The zero-order valence-corrected chi connectivity index (χ0v) is 11.8. The molecule has 1 aliphatic heterocycles. The molecular formula is C15H18FNO4. The largest absolute Gasteiger partial charge is 0.493 e. The molecule has 1 aliphatic rings. The fourth-order valence-corrected chi connectivity index (χ4v) is 2.44. The Morgan fingerprint density at radius 2 is 2.00 bits per heavy atom. The zero-order chi connectivity index (χ0) is 15.4. The molecule has 1 aromatic carbocycles. The van der Waals surface area contributed by atoms with Gasteiger partial charge in [0.05, 0.1) is 18.9 Å². The molecule has 0 saturated carbocycles. The number of likely N-dealkylation sites (tertiary alicyclic amines) is 1. The molecule has 6 heteroatoms. The van der Waals surface area contributed by atoms with Gasteiger partial charge in [0.25, 0.3) is 0 Å². The molecule has 21 heavy (non-hydrogen) atoms. The Bertz CT molecular complexity index is 517. The zero-order valence-electron chi connectivity index (χ0n) is 11.8. The summed E-state index contributed by atoms with van der Waals surface area (Å²) in [6, 6.07) is 5.57. The summed E-state index contributed by atoms with van der Waals surface area (Å²) in [5.74, 6) is -1.35. The number of nitrogens with zero attached hydrogens (tertiary/aromatic N) is 1. The average Bonchev–Trinajstić information content (AvgIpc) is 2.83. The second kappa shape index (κ2) is 6.56. The van der Waals surface area contributed by atoms with Crippen molar-refractivity contribution in [1.82, 2.24) is 4.90 Å². The van der Waals surface area contributed by atoms with Crippen molar-refractivity contribution >= 4 is 11.9 Å². The lowest BCUT2D eigenvalue weighted by atomic mass is 9.99. The maximum absolute atomic E-state index is 12.7. The summed E-state index contributed by atoms with van der Waals surface area (Å²) < 4.78 is 18.1. The van der Waals surface area contributed by atoms with E-state index in [0.717, 1.165) is 0 Å². The van der Waals surface area contributed by atoms with Crippen LogP contribution >= 0.6 is 0 Å². The van der Waals surface area contributed by atoms with Crippen molar-refractivity contribution in [2.75, 3.05) is 19.7 Å². The Morgan fingerprint density at radius 3 is 2.57 bits per heavy atom. The van der Waals surface area contributed by atoms with E-state index in [-0.39, 0.29) is 37.2 Å². The quantitative estimate of drug-likeness (QED) is 0.899. The number of aliphatic carboxylic acids is 1. The highest BCUT2D eigenvalue weighted by molar-refractivity contribution is 5.79. The first-order valence-electron chi connectivity index (χ1n) is 6.86. The summed E-state index contributed by atoms with van der Waals surface area (Å²) in [4.78, 5) is 24.6. The minimum Gasteiger partial charge on any atom is -0.493 e. The van der Waals surface area contributed by atoms with Crippen molar-refractivity contribution in [1.29, 1.82) is 0 Å². The number of carbonyl (C=O) groups is 2. The van der Waals surface area contributed by atoms with E-state index in [2.05, 4.69) is 0 Å². The fourth-order valence-electron chi connectivity index (χ4n) is 2.44. The molecule has 0 aliphatic carbocycles. The number of hydrogen-bond acceptors (Lipinski definition) is 3. The molecule has 2 atom stereocenters. The average molecular weight is 295 g/mol. The van der Waals surface area contributed by atoms with Crippen molar-refractivity contribution in [3.05, 3.63) is 30.1 Å². The Labute approximate surface area is 122 Å². The first-order valence-corrected chi connectivity index (χ1v) is 6.86. The first-order chi connectivity index (χ1) is 9.97. The molecule has 1 N–H and O–H groups in total. The van der Waals surface area contributed by atoms with Crippen molar-refractivity contribution in [2.45, 2.75) is 13.3 Å². The summed E-state index contributed by atoms with van der Waals surface area (Å²) in [6.07, 6.45) is 0.177. The van der Waals surface area contributed by atoms with E-state index in [0.29, 0.717) is 12.3 Å². The fraction of sp³-hybridized carbons (Fsp3) is 0.467. The third-order valence-corrected chi connectivity index (χ3v) is 3.68. The number of carboxylic acids is 1. The highest BCUT2D eigenvalue weighted by atomic mass is 19.1. The number of benzene rings is 1. The number of rotatable bonds is 5. The van der Waals surface area contributed by atoms with Crippen LogP contribution in [0.15, 0.2) is 24.3 Å². The molecule has 1 saturated heterocycles. The second-order valence-electron chi connectivity index (χ2n) is 5.27. The van der Waals surface area contributed by atoms with Gasteiger partial charge in [0.15, 0.2) is 0 Å². The monoisotopic (exact) mass is 295 g/mol. The van der Waals surface area contributed by atoms with Crippen LogP contribution in [0, 0.1) is 17.7 Å². The summed E-state index contributed by atoms with van der Waals surface area (Å²) in [5.41, 5.74) is 0. The molecule has 0 spiro atoms. The van der Waals surface area contributed by atoms with Gasteiger partial charge in [-0.2, -0.15) is 0 Å². The third kappa shape index (κ3) is 3.93. The van der Waals surface area contributed by atoms with Gasteiger partial charge in [0, 0.05) is 13.1 Å². The standard InChI is InChI=1S/C15H18FNO4/c1-10-8-17(9-13(10)15(19)20)14(18)6-7-21-12-4-2-11(16)3-5-12/h2-5,10,13H,6-9H2,1H3,(H,19,20). The summed E-state index contributed by atoms with van der Waals surface area (Å²) in [7, 11) is 0. The number of amides is 1. The molecule has 114 valence electrons. The van der Waals surface area contributed by atoms with Gasteiger partial charge < -0.3 is 14.7 Å². The number of carbonyl (C=O) groups excluding carboxylic acids is 1. The Hall–Kier alpha value is -2.11. The molecule has 1 heterocycles. The normalized spacial score (nSPS) is 21.3. The SMILES string of the molecule is CC1CN(C(=O)CCOc2ccc(F)cc2)CC1C(=O)O. The van der Waals surface area contributed by atoms with Crippen LogP contribution < -0.4 is 4.74 Å². The summed E-state index contributed by atoms with van der Waals surface area (Å²) >= 11 is 0. The molecule has 5 nitrogen and oxygen atoms in total. The van der Waals surface area contributed by atoms with Gasteiger partial charge in [0.2, 0.25) is 5.91 Å². The van der Waals surface area contributed by atoms with Gasteiger partial charge in [-0.05, 0) is 30.2 Å². The third-order valence-electron chi connectivity index (χ3n) is 3.68. The van der Waals surface area contributed by atoms with E-state index in [4.69, 9.17) is 9.84 Å². The lowest BCUT2D eigenvalue weighted by Crippen LogP contribution is -2.30. The molecule has 0 radical (unpaired) electrons. The van der Waals surface area contributed by atoms with Crippen LogP contribution in [-0.4, -0.2) is 41.6 Å². The minimum atomic E-state index is -0.861. The van der Waals surface area contributed by atoms with Crippen LogP contribution in [-0.2, 0) is 9.59 Å². The molecule has 0 aromatic heterocycles. The van der Waals surface area contributed by atoms with Gasteiger partial charge in [-0.3, -0.25) is 9.59 Å². The molecule has 0 bridgehead atoms. The van der Waals surface area contributed by atoms with Gasteiger partial charge in [-0.25, -0.2) is 4.39 Å². The second-order valence-corrected chi connectivity index (χ2v) is 5.27. The topological polar surface area (TPSA) is 66.8 Å². The number of hydrogen-bond donors (Lipinski definition) is 1. The molecule has 1 aromatic rings. The van der Waals surface area contributed by atoms with Crippen molar-refractivity contribution in [3.63, 3.8) is 0 Å². The smallest absolute Gasteiger partial charge is 0.308 e. The Kier molecular flexibility index (Phi) is 4.77. The van der Waals surface area contributed by atoms with E-state index in [9.17, 15) is 14.0 Å². The van der Waals surface area contributed by atoms with Crippen LogP contribution in [0.5, 0.6) is 5.75 Å². The number of carboxylic acid groups (broad SMARTS) is 1. The Balaban J connectivity index is 1.77. The summed E-state index contributed by atoms with van der Waals surface area (Å²) in [6.45, 7) is 2.74. The van der Waals surface area contributed by atoms with Crippen molar-refractivity contribution < 1.29 is 23.8 Å². The highest BCUT2D eigenvalue weighted by Gasteiger charge is 2.36. The number of ether oxygens (including phenoxy) is 1. The van der Waals surface area contributed by atoms with Crippen LogP contribution in [0.25, 0.3) is 0 Å². The predicted molar refractivity (Wildman–Crippen MR) is 73.4 cm³/mol. The lowest BCUT2D eigenvalue weighted by Gasteiger charge is -2.16. The Morgan fingerprint density at radius 1 is 1.33 bits per heavy atom. The van der Waals surface area contributed by atoms with Gasteiger partial charge in [-0.15, -0.1) is 0 Å². The van der Waals surface area contributed by atoms with Crippen molar-refractivity contribution in [3.8, 4) is 5.75 Å². The molecule has 1 fully saturated rings. The maximum atomic E-state index is 12.7. The number of halogens is 1. The maximum Gasteiger partial charge on any atom is 0.308 e. The highest BCUT2D eigenvalue weighted by Crippen LogP contribution is 2.23. The predicted octanol–water partition coefficient (Wildman–Crippen LogP) is 1.77. The van der Waals surface area contributed by atoms with Crippen molar-refractivity contribution in [2.24, 2.45) is 11.8 Å². The molecule has 2 unspecified atom stereocenters. The van der Waals surface area contributed by atoms with Crippen LogP contribution in [0.4, 0.5) is 4.39 Å². The van der Waals surface area contributed by atoms with Gasteiger partial charge in [-0.1, -0.05) is 6.92 Å². The molecular weight excluding hydrogens is 277 g/mol. The van der Waals surface area contributed by atoms with E-state index < -0.39 is 11.9 Å². The lowest BCUT2D eigenvalue weighted by molar-refractivity contribution is -0.142. The molecule has 1 amide bonds. The first kappa shape index (κ1) is 15.3. The van der Waals surface area contributed by atoms with E-state index in [1.807, 2.05) is 6.92 Å². The van der Waals surface area contributed by atoms with E-state index >= 15 is 0 Å². The van der Waals surface area contributed by atoms with E-state index in [1.165, 1.54) is 24.3 Å². The van der Waals surface area contributed by atoms with E-state index in [1.54, 1.807) is 4.90 Å². The van der Waals surface area contributed by atoms with Crippen LogP contribution in [0.1, 0.15) is 13.3 Å². The minimum absolute atomic E-state index is 0.0375. The van der Waals surface area contributed by atoms with Gasteiger partial charge >= 0.3 is 5.97 Å². The summed E-state index contributed by atoms with van der Waals surface area (Å²) in [5, 5.41) is 9.04. The van der Waals surface area contributed by atoms with Crippen LogP contribution in [0.3, 0.4) is 0 Å².